The normalized spacial score (nSPS) is 23.9. The first kappa shape index (κ1) is 18.9. The van der Waals surface area contributed by atoms with E-state index < -0.39 is 23.0 Å². The lowest BCUT2D eigenvalue weighted by molar-refractivity contribution is -0.909. The smallest absolute Gasteiger partial charge is 0.267 e. The Balaban J connectivity index is 1.75. The number of benzene rings is 1. The molecule has 7 heteroatoms. The number of halogens is 1. The Hall–Kier alpha value is -2.41. The van der Waals surface area contributed by atoms with Gasteiger partial charge in [0.25, 0.3) is 11.5 Å². The molecule has 2 aliphatic rings. The second kappa shape index (κ2) is 7.20. The third kappa shape index (κ3) is 2.98. The predicted molar refractivity (Wildman–Crippen MR) is 105 cm³/mol. The van der Waals surface area contributed by atoms with Crippen LogP contribution in [0.15, 0.2) is 16.9 Å². The van der Waals surface area contributed by atoms with Gasteiger partial charge in [0.1, 0.15) is 23.2 Å². The topological polar surface area (TPSA) is 75.8 Å². The van der Waals surface area contributed by atoms with Gasteiger partial charge in [0.15, 0.2) is 0 Å². The Labute approximate surface area is 163 Å². The molecule has 1 unspecified atom stereocenters. The molecule has 1 saturated heterocycles. The molecule has 4 rings (SSSR count). The number of nitrogens with one attached hydrogen (secondary N) is 2. The molecule has 1 amide bonds. The summed E-state index contributed by atoms with van der Waals surface area (Å²) in [5, 5.41) is 13.8. The van der Waals surface area contributed by atoms with Crippen LogP contribution in [-0.4, -0.2) is 41.3 Å². The van der Waals surface area contributed by atoms with E-state index in [1.54, 1.807) is 4.57 Å². The number of aromatic hydroxyl groups is 1. The zero-order valence-corrected chi connectivity index (χ0v) is 16.3. The van der Waals surface area contributed by atoms with Crippen molar-refractivity contribution < 1.29 is 19.2 Å². The Morgan fingerprint density at radius 2 is 2.18 bits per heavy atom. The van der Waals surface area contributed by atoms with Crippen LogP contribution in [0.2, 0.25) is 0 Å². The van der Waals surface area contributed by atoms with E-state index in [9.17, 15) is 19.1 Å². The fourth-order valence-corrected chi connectivity index (χ4v) is 4.89. The van der Waals surface area contributed by atoms with Crippen LogP contribution in [0.25, 0.3) is 10.9 Å². The Kier molecular flexibility index (Phi) is 4.87. The van der Waals surface area contributed by atoms with E-state index in [4.69, 9.17) is 0 Å². The van der Waals surface area contributed by atoms with Crippen molar-refractivity contribution in [3.05, 3.63) is 39.4 Å². The van der Waals surface area contributed by atoms with Gasteiger partial charge in [-0.2, -0.15) is 0 Å². The van der Waals surface area contributed by atoms with Crippen LogP contribution in [-0.2, 0) is 6.42 Å². The molecule has 1 aromatic heterocycles. The minimum absolute atomic E-state index is 0.116. The summed E-state index contributed by atoms with van der Waals surface area (Å²) in [6.07, 6.45) is 3.48. The maximum atomic E-state index is 14.1. The van der Waals surface area contributed by atoms with Gasteiger partial charge < -0.3 is 19.9 Å². The molecule has 2 aliphatic heterocycles. The SMILES string of the molecule is CC[NH+]1CCC[C@@H]1CNC(=O)c1c(O)c2cc(F)cc3c2n(c1=O)[C@H](C)CC3. The van der Waals surface area contributed by atoms with E-state index in [1.165, 1.54) is 17.0 Å². The maximum Gasteiger partial charge on any atom is 0.267 e. The highest BCUT2D eigenvalue weighted by atomic mass is 19.1. The average Bonchev–Trinajstić information content (AvgIpc) is 3.12. The van der Waals surface area contributed by atoms with Gasteiger partial charge in [-0.25, -0.2) is 4.39 Å². The van der Waals surface area contributed by atoms with Crippen LogP contribution < -0.4 is 15.8 Å². The van der Waals surface area contributed by atoms with Crippen molar-refractivity contribution >= 4 is 16.8 Å². The minimum Gasteiger partial charge on any atom is -0.506 e. The molecule has 2 aromatic rings. The summed E-state index contributed by atoms with van der Waals surface area (Å²) in [7, 11) is 0. The van der Waals surface area contributed by atoms with Crippen LogP contribution in [0.4, 0.5) is 4.39 Å². The third-order valence-electron chi connectivity index (χ3n) is 6.41. The van der Waals surface area contributed by atoms with Crippen molar-refractivity contribution in [1.82, 2.24) is 9.88 Å². The lowest BCUT2D eigenvalue weighted by Crippen LogP contribution is -3.14. The zero-order valence-electron chi connectivity index (χ0n) is 16.3. The summed E-state index contributed by atoms with van der Waals surface area (Å²) in [6, 6.07) is 2.82. The highest BCUT2D eigenvalue weighted by Gasteiger charge is 2.31. The number of aryl methyl sites for hydroxylation is 1. The van der Waals surface area contributed by atoms with Crippen molar-refractivity contribution in [3.63, 3.8) is 0 Å². The molecular formula is C21H27FN3O3+. The molecular weight excluding hydrogens is 361 g/mol. The number of rotatable bonds is 4. The van der Waals surface area contributed by atoms with Gasteiger partial charge >= 0.3 is 0 Å². The monoisotopic (exact) mass is 388 g/mol. The molecule has 0 bridgehead atoms. The molecule has 28 heavy (non-hydrogen) atoms. The van der Waals surface area contributed by atoms with Gasteiger partial charge in [0.05, 0.1) is 25.2 Å². The van der Waals surface area contributed by atoms with Gasteiger partial charge in [-0.05, 0) is 44.4 Å². The van der Waals surface area contributed by atoms with Crippen molar-refractivity contribution in [3.8, 4) is 5.75 Å². The molecule has 0 spiro atoms. The van der Waals surface area contributed by atoms with Gasteiger partial charge in [-0.1, -0.05) is 0 Å². The number of carbonyl (C=O) groups excluding carboxylic acids is 1. The highest BCUT2D eigenvalue weighted by Crippen LogP contribution is 2.35. The Morgan fingerprint density at radius 3 is 2.93 bits per heavy atom. The first-order chi connectivity index (χ1) is 13.4. The lowest BCUT2D eigenvalue weighted by Gasteiger charge is -2.27. The summed E-state index contributed by atoms with van der Waals surface area (Å²) in [6.45, 7) is 6.57. The van der Waals surface area contributed by atoms with Gasteiger partial charge in [-0.3, -0.25) is 9.59 Å². The molecule has 0 saturated carbocycles. The van der Waals surface area contributed by atoms with Gasteiger partial charge in [0.2, 0.25) is 0 Å². The lowest BCUT2D eigenvalue weighted by atomic mass is 9.95. The summed E-state index contributed by atoms with van der Waals surface area (Å²) in [4.78, 5) is 27.4. The average molecular weight is 388 g/mol. The molecule has 3 atom stereocenters. The molecule has 3 N–H and O–H groups in total. The number of nitrogens with zero attached hydrogens (tertiary/aromatic N) is 1. The van der Waals surface area contributed by atoms with Crippen LogP contribution >= 0.6 is 0 Å². The number of likely N-dealkylation sites (tertiary alicyclic amines) is 1. The molecule has 0 radical (unpaired) electrons. The van der Waals surface area contributed by atoms with E-state index >= 15 is 0 Å². The number of quaternary nitrogens is 1. The van der Waals surface area contributed by atoms with Crippen molar-refractivity contribution in [2.45, 2.75) is 51.6 Å². The molecule has 0 aliphatic carbocycles. The highest BCUT2D eigenvalue weighted by molar-refractivity contribution is 6.03. The van der Waals surface area contributed by atoms with E-state index in [2.05, 4.69) is 12.2 Å². The van der Waals surface area contributed by atoms with E-state index in [0.29, 0.717) is 36.5 Å². The van der Waals surface area contributed by atoms with Crippen LogP contribution in [0.1, 0.15) is 55.1 Å². The number of aromatic nitrogens is 1. The Bertz CT molecular complexity index is 1000. The fourth-order valence-electron chi connectivity index (χ4n) is 4.89. The summed E-state index contributed by atoms with van der Waals surface area (Å²) in [5.74, 6) is -1.48. The standard InChI is InChI=1S/C21H26FN3O3/c1-3-24-8-4-5-15(24)11-23-20(27)17-19(26)16-10-14(22)9-13-7-6-12(2)25(18(13)16)21(17)28/h9-10,12,15,26H,3-8,11H2,1-2H3,(H,23,27)/p+1/t12-,15-/m1/s1. The van der Waals surface area contributed by atoms with Gasteiger partial charge in [0, 0.05) is 24.3 Å². The minimum atomic E-state index is -0.584. The number of amides is 1. The van der Waals surface area contributed by atoms with Crippen molar-refractivity contribution in [2.75, 3.05) is 19.6 Å². The fraction of sp³-hybridized carbons (Fsp3) is 0.524. The maximum absolute atomic E-state index is 14.1. The summed E-state index contributed by atoms with van der Waals surface area (Å²) in [5.41, 5.74) is 0.444. The van der Waals surface area contributed by atoms with Gasteiger partial charge in [-0.15, -0.1) is 0 Å². The number of carbonyl (C=O) groups is 1. The largest absolute Gasteiger partial charge is 0.506 e. The first-order valence-electron chi connectivity index (χ1n) is 10.1. The second-order valence-electron chi connectivity index (χ2n) is 8.06. The Morgan fingerprint density at radius 1 is 1.39 bits per heavy atom. The van der Waals surface area contributed by atoms with E-state index in [1.807, 2.05) is 6.92 Å². The van der Waals surface area contributed by atoms with Crippen LogP contribution in [0.5, 0.6) is 5.75 Å². The number of pyridine rings is 1. The summed E-state index contributed by atoms with van der Waals surface area (Å²) >= 11 is 0. The van der Waals surface area contributed by atoms with Crippen molar-refractivity contribution in [1.29, 1.82) is 0 Å². The summed E-state index contributed by atoms with van der Waals surface area (Å²) < 4.78 is 15.6. The molecule has 150 valence electrons. The van der Waals surface area contributed by atoms with Crippen LogP contribution in [0.3, 0.4) is 0 Å². The second-order valence-corrected chi connectivity index (χ2v) is 8.06. The molecule has 1 aromatic carbocycles. The third-order valence-corrected chi connectivity index (χ3v) is 6.41. The number of likely N-dealkylation sites (N-methyl/N-ethyl adjacent to an activating group) is 1. The van der Waals surface area contributed by atoms with Crippen LogP contribution in [0, 0.1) is 5.82 Å². The van der Waals surface area contributed by atoms with E-state index in [-0.39, 0.29) is 17.0 Å². The van der Waals surface area contributed by atoms with E-state index in [0.717, 1.165) is 25.9 Å². The molecule has 1 fully saturated rings. The first-order valence-corrected chi connectivity index (χ1v) is 10.1. The quantitative estimate of drug-likeness (QED) is 0.736. The number of hydrogen-bond acceptors (Lipinski definition) is 3. The number of hydrogen-bond donors (Lipinski definition) is 3. The molecule has 6 nitrogen and oxygen atoms in total. The molecule has 3 heterocycles. The van der Waals surface area contributed by atoms with Crippen molar-refractivity contribution in [2.24, 2.45) is 0 Å². The zero-order chi connectivity index (χ0) is 20.0. The predicted octanol–water partition coefficient (Wildman–Crippen LogP) is 1.15.